The molecule has 2 heterocycles. The first-order chi connectivity index (χ1) is 13.0. The molecule has 1 fully saturated rings. The lowest BCUT2D eigenvalue weighted by atomic mass is 10.1. The van der Waals surface area contributed by atoms with Crippen molar-refractivity contribution < 1.29 is 9.13 Å². The Morgan fingerprint density at radius 2 is 2.00 bits per heavy atom. The molecule has 0 bridgehead atoms. The van der Waals surface area contributed by atoms with Gasteiger partial charge in [0.1, 0.15) is 11.9 Å². The number of aryl methyl sites for hydroxylation is 1. The third-order valence-electron chi connectivity index (χ3n) is 4.47. The average Bonchev–Trinajstić information content (AvgIpc) is 2.65. The summed E-state index contributed by atoms with van der Waals surface area (Å²) in [7, 11) is 0. The zero-order valence-electron chi connectivity index (χ0n) is 16.6. The summed E-state index contributed by atoms with van der Waals surface area (Å²) in [6, 6.07) is 12.5. The number of hydrogen-bond acceptors (Lipinski definition) is 3. The highest BCUT2D eigenvalue weighted by molar-refractivity contribution is 14.0. The molecule has 2 aromatic rings. The molecule has 28 heavy (non-hydrogen) atoms. The molecule has 1 aromatic carbocycles. The first-order valence-corrected chi connectivity index (χ1v) is 9.42. The molecule has 1 aromatic heterocycles. The van der Waals surface area contributed by atoms with Crippen molar-refractivity contribution in [2.24, 2.45) is 4.99 Å². The van der Waals surface area contributed by atoms with Crippen LogP contribution in [0.5, 0.6) is 0 Å². The Morgan fingerprint density at radius 1 is 1.25 bits per heavy atom. The molecule has 1 N–H and O–H groups in total. The fourth-order valence-electron chi connectivity index (χ4n) is 3.26. The van der Waals surface area contributed by atoms with Crippen molar-refractivity contribution >= 4 is 29.9 Å². The van der Waals surface area contributed by atoms with Gasteiger partial charge in [0.05, 0.1) is 24.9 Å². The first kappa shape index (κ1) is 22.5. The van der Waals surface area contributed by atoms with Crippen LogP contribution < -0.4 is 5.32 Å². The quantitative estimate of drug-likeness (QED) is 0.392. The highest BCUT2D eigenvalue weighted by atomic mass is 127. The van der Waals surface area contributed by atoms with Crippen molar-refractivity contribution in [2.45, 2.75) is 39.5 Å². The summed E-state index contributed by atoms with van der Waals surface area (Å²) in [5.74, 6) is 0.614. The summed E-state index contributed by atoms with van der Waals surface area (Å²) in [6.07, 6.45) is -0.0648. The van der Waals surface area contributed by atoms with E-state index in [9.17, 15) is 4.39 Å². The molecular formula is C21H28FIN4O. The molecule has 3 rings (SSSR count). The Hall–Kier alpha value is -1.74. The molecular weight excluding hydrogens is 470 g/mol. The van der Waals surface area contributed by atoms with Crippen LogP contribution in [-0.4, -0.2) is 41.6 Å². The molecule has 1 aliphatic heterocycles. The molecule has 152 valence electrons. The topological polar surface area (TPSA) is 49.8 Å². The minimum atomic E-state index is -0.236. The largest absolute Gasteiger partial charge is 0.367 e. The zero-order chi connectivity index (χ0) is 19.2. The number of aromatic nitrogens is 1. The Kier molecular flexibility index (Phi) is 8.62. The first-order valence-electron chi connectivity index (χ1n) is 9.42. The van der Waals surface area contributed by atoms with E-state index in [0.717, 1.165) is 36.0 Å². The number of pyridine rings is 1. The molecule has 1 aliphatic rings. The van der Waals surface area contributed by atoms with Crippen LogP contribution in [0.4, 0.5) is 4.39 Å². The Balaban J connectivity index is 0.00000280. The number of nitrogens with one attached hydrogen (secondary N) is 1. The number of guanidine groups is 1. The van der Waals surface area contributed by atoms with Crippen LogP contribution in [0.25, 0.3) is 0 Å². The molecule has 0 amide bonds. The number of hydrogen-bond donors (Lipinski definition) is 1. The highest BCUT2D eigenvalue weighted by Crippen LogP contribution is 2.25. The number of rotatable bonds is 4. The molecule has 0 radical (unpaired) electrons. The molecule has 0 saturated carbocycles. The van der Waals surface area contributed by atoms with E-state index in [1.807, 2.05) is 32.0 Å². The Bertz CT molecular complexity index is 784. The van der Waals surface area contributed by atoms with Gasteiger partial charge < -0.3 is 15.0 Å². The summed E-state index contributed by atoms with van der Waals surface area (Å²) in [5, 5.41) is 3.37. The summed E-state index contributed by atoms with van der Waals surface area (Å²) in [6.45, 7) is 8.82. The summed E-state index contributed by atoms with van der Waals surface area (Å²) in [5.41, 5.74) is 2.91. The van der Waals surface area contributed by atoms with E-state index in [2.05, 4.69) is 22.1 Å². The summed E-state index contributed by atoms with van der Waals surface area (Å²) >= 11 is 0. The number of ether oxygens (including phenoxy) is 1. The zero-order valence-corrected chi connectivity index (χ0v) is 18.9. The van der Waals surface area contributed by atoms with Gasteiger partial charge in [-0.05, 0) is 50.6 Å². The van der Waals surface area contributed by atoms with Crippen LogP contribution in [0.15, 0.2) is 47.5 Å². The fraction of sp³-hybridized carbons (Fsp3) is 0.429. The SMILES string of the molecule is CCNC(=NCc1cccc(C)n1)N1CC(C)OC(c2ccc(F)cc2)C1.I. The number of morpholine rings is 1. The molecule has 2 atom stereocenters. The second-order valence-electron chi connectivity index (χ2n) is 6.83. The smallest absolute Gasteiger partial charge is 0.194 e. The van der Waals surface area contributed by atoms with Crippen LogP contribution in [-0.2, 0) is 11.3 Å². The minimum absolute atomic E-state index is 0. The summed E-state index contributed by atoms with van der Waals surface area (Å²) in [4.78, 5) is 11.5. The lowest BCUT2D eigenvalue weighted by molar-refractivity contribution is -0.0605. The average molecular weight is 498 g/mol. The van der Waals surface area contributed by atoms with Crippen LogP contribution in [0.2, 0.25) is 0 Å². The number of halogens is 2. The van der Waals surface area contributed by atoms with Crippen molar-refractivity contribution in [3.63, 3.8) is 0 Å². The van der Waals surface area contributed by atoms with Gasteiger partial charge in [0.15, 0.2) is 5.96 Å². The Morgan fingerprint density at radius 3 is 2.68 bits per heavy atom. The van der Waals surface area contributed by atoms with Crippen molar-refractivity contribution in [2.75, 3.05) is 19.6 Å². The predicted octanol–water partition coefficient (Wildman–Crippen LogP) is 4.07. The van der Waals surface area contributed by atoms with E-state index >= 15 is 0 Å². The second kappa shape index (κ2) is 10.7. The van der Waals surface area contributed by atoms with E-state index in [-0.39, 0.29) is 42.0 Å². The van der Waals surface area contributed by atoms with E-state index in [1.165, 1.54) is 12.1 Å². The van der Waals surface area contributed by atoms with Crippen LogP contribution in [0.3, 0.4) is 0 Å². The molecule has 1 saturated heterocycles. The fourth-order valence-corrected chi connectivity index (χ4v) is 3.26. The van der Waals surface area contributed by atoms with Gasteiger partial charge in [0.2, 0.25) is 0 Å². The van der Waals surface area contributed by atoms with Gasteiger partial charge in [-0.25, -0.2) is 9.38 Å². The van der Waals surface area contributed by atoms with Gasteiger partial charge in [-0.3, -0.25) is 4.98 Å². The molecule has 2 unspecified atom stereocenters. The van der Waals surface area contributed by atoms with Gasteiger partial charge >= 0.3 is 0 Å². The standard InChI is InChI=1S/C21H27FN4O.HI/c1-4-23-21(24-12-19-7-5-6-15(2)25-19)26-13-16(3)27-20(14-26)17-8-10-18(22)11-9-17;/h5-11,16,20H,4,12-14H2,1-3H3,(H,23,24);1H. The van der Waals surface area contributed by atoms with Gasteiger partial charge in [-0.15, -0.1) is 24.0 Å². The normalized spacial score (nSPS) is 19.9. The van der Waals surface area contributed by atoms with Crippen molar-refractivity contribution in [3.05, 3.63) is 65.2 Å². The van der Waals surface area contributed by atoms with E-state index < -0.39 is 0 Å². The third-order valence-corrected chi connectivity index (χ3v) is 4.47. The van der Waals surface area contributed by atoms with E-state index in [0.29, 0.717) is 13.1 Å². The number of nitrogens with zero attached hydrogens (tertiary/aromatic N) is 3. The predicted molar refractivity (Wildman–Crippen MR) is 120 cm³/mol. The maximum absolute atomic E-state index is 13.2. The van der Waals surface area contributed by atoms with Crippen LogP contribution >= 0.6 is 24.0 Å². The van der Waals surface area contributed by atoms with Crippen molar-refractivity contribution in [1.82, 2.24) is 15.2 Å². The van der Waals surface area contributed by atoms with Crippen molar-refractivity contribution in [1.29, 1.82) is 0 Å². The Labute approximate surface area is 183 Å². The van der Waals surface area contributed by atoms with Gasteiger partial charge in [-0.1, -0.05) is 18.2 Å². The summed E-state index contributed by atoms with van der Waals surface area (Å²) < 4.78 is 19.3. The van der Waals surface area contributed by atoms with Gasteiger partial charge in [0, 0.05) is 18.8 Å². The van der Waals surface area contributed by atoms with Crippen LogP contribution in [0, 0.1) is 12.7 Å². The molecule has 7 heteroatoms. The minimum Gasteiger partial charge on any atom is -0.367 e. The molecule has 0 aliphatic carbocycles. The van der Waals surface area contributed by atoms with Crippen molar-refractivity contribution in [3.8, 4) is 0 Å². The lowest BCUT2D eigenvalue weighted by Crippen LogP contribution is -2.50. The maximum Gasteiger partial charge on any atom is 0.194 e. The van der Waals surface area contributed by atoms with E-state index in [4.69, 9.17) is 9.73 Å². The molecule has 5 nitrogen and oxygen atoms in total. The lowest BCUT2D eigenvalue weighted by Gasteiger charge is -2.38. The van der Waals surface area contributed by atoms with Crippen LogP contribution in [0.1, 0.15) is 36.9 Å². The second-order valence-corrected chi connectivity index (χ2v) is 6.83. The number of aliphatic imine (C=N–C) groups is 1. The van der Waals surface area contributed by atoms with E-state index in [1.54, 1.807) is 12.1 Å². The highest BCUT2D eigenvalue weighted by Gasteiger charge is 2.28. The van der Waals surface area contributed by atoms with Gasteiger partial charge in [0.25, 0.3) is 0 Å². The molecule has 0 spiro atoms. The number of benzene rings is 1. The van der Waals surface area contributed by atoms with Gasteiger partial charge in [-0.2, -0.15) is 0 Å². The monoisotopic (exact) mass is 498 g/mol. The third kappa shape index (κ3) is 6.13. The maximum atomic E-state index is 13.2.